The molecule has 2 aliphatic heterocycles. The summed E-state index contributed by atoms with van der Waals surface area (Å²) in [5.41, 5.74) is 1.63. The fourth-order valence-electron chi connectivity index (χ4n) is 4.15. The second-order valence-corrected chi connectivity index (χ2v) is 10.4. The average molecular weight is 603 g/mol. The molecule has 0 saturated carbocycles. The number of allylic oxidation sites excluding steroid dienone is 1. The molecular weight excluding hydrogens is 576 g/mol. The fourth-order valence-corrected chi connectivity index (χ4v) is 5.22. The van der Waals surface area contributed by atoms with Crippen LogP contribution in [0.2, 0.25) is 5.02 Å². The van der Waals surface area contributed by atoms with E-state index in [0.29, 0.717) is 39.4 Å². The number of hydrazone groups is 1. The number of carbonyl (C=O) groups excluding carboxylic acids is 1. The van der Waals surface area contributed by atoms with Gasteiger partial charge in [0, 0.05) is 0 Å². The van der Waals surface area contributed by atoms with Crippen molar-refractivity contribution in [2.75, 3.05) is 26.9 Å². The van der Waals surface area contributed by atoms with Crippen molar-refractivity contribution in [3.8, 4) is 23.0 Å². The first-order chi connectivity index (χ1) is 20.5. The third-order valence-corrected chi connectivity index (χ3v) is 7.25. The summed E-state index contributed by atoms with van der Waals surface area (Å²) >= 11 is 7.75. The summed E-state index contributed by atoms with van der Waals surface area (Å²) in [5, 5.41) is 15.6. The lowest BCUT2D eigenvalue weighted by molar-refractivity contribution is -0.114. The van der Waals surface area contributed by atoms with Crippen LogP contribution < -0.4 is 18.9 Å². The third kappa shape index (κ3) is 6.67. The Morgan fingerprint density at radius 3 is 2.57 bits per heavy atom. The smallest absolute Gasteiger partial charge is 0.283 e. The van der Waals surface area contributed by atoms with Crippen LogP contribution in [0.1, 0.15) is 11.1 Å². The molecule has 0 unspecified atom stereocenters. The monoisotopic (exact) mass is 602 g/mol. The average Bonchev–Trinajstić information content (AvgIpc) is 3.41. The quantitative estimate of drug-likeness (QED) is 0.149. The number of halogens is 1. The second kappa shape index (κ2) is 13.4. The van der Waals surface area contributed by atoms with E-state index in [-0.39, 0.29) is 36.3 Å². The molecule has 0 fully saturated rings. The summed E-state index contributed by atoms with van der Waals surface area (Å²) in [5.74, 6) is 1.52. The topological polar surface area (TPSA) is 106 Å². The van der Waals surface area contributed by atoms with E-state index in [1.807, 2.05) is 60.7 Å². The first-order valence-electron chi connectivity index (χ1n) is 13.0. The minimum absolute atomic E-state index is 0.0618. The van der Waals surface area contributed by atoms with Gasteiger partial charge in [0.15, 0.2) is 17.3 Å². The van der Waals surface area contributed by atoms with Gasteiger partial charge in [0.05, 0.1) is 17.7 Å². The molecule has 214 valence electrons. The van der Waals surface area contributed by atoms with E-state index in [1.54, 1.807) is 12.1 Å². The van der Waals surface area contributed by atoms with Crippen molar-refractivity contribution in [1.82, 2.24) is 5.01 Å². The first-order valence-corrected chi connectivity index (χ1v) is 14.1. The van der Waals surface area contributed by atoms with E-state index < -0.39 is 5.91 Å². The molecule has 0 spiro atoms. The number of aliphatic imine (C=N–C) groups is 1. The van der Waals surface area contributed by atoms with Gasteiger partial charge in [-0.2, -0.15) is 15.1 Å². The van der Waals surface area contributed by atoms with Crippen molar-refractivity contribution < 1.29 is 23.7 Å². The number of hydrogen-bond acceptors (Lipinski definition) is 8. The zero-order chi connectivity index (χ0) is 29.5. The van der Waals surface area contributed by atoms with Crippen molar-refractivity contribution in [3.63, 3.8) is 0 Å². The molecule has 5 rings (SSSR count). The van der Waals surface area contributed by atoms with Gasteiger partial charge in [-0.3, -0.25) is 10.2 Å². The molecule has 0 saturated heterocycles. The van der Waals surface area contributed by atoms with Gasteiger partial charge in [0.2, 0.25) is 5.17 Å². The van der Waals surface area contributed by atoms with Gasteiger partial charge in [-0.1, -0.05) is 54.1 Å². The molecule has 11 heteroatoms. The Morgan fingerprint density at radius 1 is 1.02 bits per heavy atom. The minimum Gasteiger partial charge on any atom is -0.493 e. The molecule has 1 amide bonds. The molecular formula is C31H27ClN4O5S. The van der Waals surface area contributed by atoms with Crippen LogP contribution in [0, 0.1) is 5.41 Å². The number of thioether (sulfide) groups is 1. The van der Waals surface area contributed by atoms with Gasteiger partial charge in [0.1, 0.15) is 36.4 Å². The maximum Gasteiger partial charge on any atom is 0.283 e. The predicted octanol–water partition coefficient (Wildman–Crippen LogP) is 6.23. The number of rotatable bonds is 12. The van der Waals surface area contributed by atoms with Crippen LogP contribution in [0.5, 0.6) is 23.0 Å². The number of amidine groups is 2. The minimum atomic E-state index is -0.552. The highest BCUT2D eigenvalue weighted by Gasteiger charge is 2.36. The summed E-state index contributed by atoms with van der Waals surface area (Å²) in [6, 6.07) is 20.4. The molecule has 3 aromatic rings. The van der Waals surface area contributed by atoms with Gasteiger partial charge in [-0.15, -0.1) is 6.58 Å². The molecule has 0 bridgehead atoms. The molecule has 0 atom stereocenters. The maximum atomic E-state index is 12.9. The number of amides is 1. The Bertz CT molecular complexity index is 1610. The maximum absolute atomic E-state index is 12.9. The van der Waals surface area contributed by atoms with Crippen LogP contribution in [-0.4, -0.2) is 53.9 Å². The van der Waals surface area contributed by atoms with Crippen molar-refractivity contribution >= 4 is 51.4 Å². The van der Waals surface area contributed by atoms with Crippen LogP contribution in [0.4, 0.5) is 0 Å². The van der Waals surface area contributed by atoms with Gasteiger partial charge in [-0.25, -0.2) is 0 Å². The number of fused-ring (bicyclic) bond motifs is 1. The van der Waals surface area contributed by atoms with E-state index in [9.17, 15) is 4.79 Å². The molecule has 2 aliphatic rings. The standard InChI is InChI=1S/C31H27ClN4O5S/c1-3-9-21-10-7-8-13-25(21)39-14-15-40-28-24(32)17-20(18-26(28)38-2)16-23-29(33)36-31(34-30(23)37)42-27(35-36)19-41-22-11-5-4-6-12-22/h3-8,10-13,16-18,33H,1,9,14-15,19H2,2H3/b23-16-,33-29?. The number of methoxy groups -OCH3 is 1. The second-order valence-electron chi connectivity index (χ2n) is 8.95. The van der Waals surface area contributed by atoms with Gasteiger partial charge < -0.3 is 18.9 Å². The summed E-state index contributed by atoms with van der Waals surface area (Å²) in [6.45, 7) is 4.48. The van der Waals surface area contributed by atoms with E-state index in [1.165, 1.54) is 30.0 Å². The SMILES string of the molecule is C=CCc1ccccc1OCCOc1c(Cl)cc(/C=C2/C(=N)N3N=C(COc4ccccc4)SC3=NC2=O)cc1OC. The molecule has 0 aromatic heterocycles. The molecule has 0 aliphatic carbocycles. The molecule has 1 N–H and O–H groups in total. The summed E-state index contributed by atoms with van der Waals surface area (Å²) in [6.07, 6.45) is 4.05. The Balaban J connectivity index is 1.26. The van der Waals surface area contributed by atoms with Crippen molar-refractivity contribution in [2.45, 2.75) is 6.42 Å². The summed E-state index contributed by atoms with van der Waals surface area (Å²) in [7, 11) is 1.50. The van der Waals surface area contributed by atoms with Crippen LogP contribution in [0.3, 0.4) is 0 Å². The third-order valence-electron chi connectivity index (χ3n) is 6.09. The number of benzene rings is 3. The summed E-state index contributed by atoms with van der Waals surface area (Å²) < 4.78 is 23.0. The van der Waals surface area contributed by atoms with E-state index in [2.05, 4.69) is 16.7 Å². The Kier molecular flexibility index (Phi) is 9.25. The Hall–Kier alpha value is -4.54. The van der Waals surface area contributed by atoms with Crippen LogP contribution in [0.25, 0.3) is 6.08 Å². The lowest BCUT2D eigenvalue weighted by Crippen LogP contribution is -2.35. The highest BCUT2D eigenvalue weighted by molar-refractivity contribution is 8.27. The van der Waals surface area contributed by atoms with E-state index in [4.69, 9.17) is 36.0 Å². The Labute approximate surface area is 252 Å². The molecule has 9 nitrogen and oxygen atoms in total. The zero-order valence-corrected chi connectivity index (χ0v) is 24.3. The number of nitrogens with zero attached hydrogens (tertiary/aromatic N) is 3. The number of ether oxygens (including phenoxy) is 4. The van der Waals surface area contributed by atoms with Crippen LogP contribution in [-0.2, 0) is 11.2 Å². The van der Waals surface area contributed by atoms with Crippen LogP contribution >= 0.6 is 23.4 Å². The van der Waals surface area contributed by atoms with Crippen molar-refractivity contribution in [2.24, 2.45) is 10.1 Å². The largest absolute Gasteiger partial charge is 0.493 e. The van der Waals surface area contributed by atoms with Crippen molar-refractivity contribution in [3.05, 3.63) is 101 Å². The number of hydrogen-bond donors (Lipinski definition) is 1. The normalized spacial score (nSPS) is 15.2. The molecule has 3 aromatic carbocycles. The highest BCUT2D eigenvalue weighted by atomic mass is 35.5. The van der Waals surface area contributed by atoms with E-state index in [0.717, 1.165) is 11.3 Å². The predicted molar refractivity (Wildman–Crippen MR) is 166 cm³/mol. The molecule has 2 heterocycles. The lowest BCUT2D eigenvalue weighted by atomic mass is 10.1. The van der Waals surface area contributed by atoms with Gasteiger partial charge >= 0.3 is 0 Å². The highest BCUT2D eigenvalue weighted by Crippen LogP contribution is 2.38. The molecule has 0 radical (unpaired) electrons. The number of para-hydroxylation sites is 2. The zero-order valence-electron chi connectivity index (χ0n) is 22.7. The van der Waals surface area contributed by atoms with Crippen molar-refractivity contribution in [1.29, 1.82) is 5.41 Å². The first kappa shape index (κ1) is 29.0. The number of nitrogens with one attached hydrogen (secondary N) is 1. The van der Waals surface area contributed by atoms with E-state index >= 15 is 0 Å². The van der Waals surface area contributed by atoms with Gasteiger partial charge in [0.25, 0.3) is 5.91 Å². The fraction of sp³-hybridized carbons (Fsp3) is 0.161. The van der Waals surface area contributed by atoms with Crippen LogP contribution in [0.15, 0.2) is 95.1 Å². The van der Waals surface area contributed by atoms with Gasteiger partial charge in [-0.05, 0) is 65.7 Å². The lowest BCUT2D eigenvalue weighted by Gasteiger charge is -2.20. The summed E-state index contributed by atoms with van der Waals surface area (Å²) in [4.78, 5) is 17.0. The Morgan fingerprint density at radius 2 is 1.79 bits per heavy atom. The number of carbonyl (C=O) groups is 1. The molecule has 42 heavy (non-hydrogen) atoms.